The summed E-state index contributed by atoms with van der Waals surface area (Å²) in [6.45, 7) is 1.78. The monoisotopic (exact) mass is 284 g/mol. The number of aryl methyl sites for hydroxylation is 1. The zero-order valence-corrected chi connectivity index (χ0v) is 11.7. The third-order valence-corrected chi connectivity index (χ3v) is 3.14. The number of ether oxygens (including phenoxy) is 1. The third kappa shape index (κ3) is 3.92. The van der Waals surface area contributed by atoms with Gasteiger partial charge in [-0.3, -0.25) is 4.79 Å². The van der Waals surface area contributed by atoms with Crippen molar-refractivity contribution in [3.05, 3.63) is 65.2 Å². The van der Waals surface area contributed by atoms with Crippen molar-refractivity contribution in [1.82, 2.24) is 0 Å². The number of carboxylic acid groups (broad SMARTS) is 1. The van der Waals surface area contributed by atoms with Gasteiger partial charge in [0.15, 0.2) is 6.10 Å². The van der Waals surface area contributed by atoms with Gasteiger partial charge in [-0.2, -0.15) is 0 Å². The summed E-state index contributed by atoms with van der Waals surface area (Å²) in [5, 5.41) is 9.31. The lowest BCUT2D eigenvalue weighted by Crippen LogP contribution is -2.29. The fraction of sp³-hybridized carbons (Fsp3) is 0.176. The molecule has 108 valence electrons. The van der Waals surface area contributed by atoms with Gasteiger partial charge < -0.3 is 9.84 Å². The maximum Gasteiger partial charge on any atom is 0.345 e. The lowest BCUT2D eigenvalue weighted by molar-refractivity contribution is -0.145. The standard InChI is InChI=1S/C17H16O4/c1-12-9-14(11-18)7-8-15(12)21-16(17(19)20)10-13-5-3-2-4-6-13/h2-9,11,16H,10H2,1H3,(H,19,20). The van der Waals surface area contributed by atoms with Gasteiger partial charge in [0.05, 0.1) is 0 Å². The van der Waals surface area contributed by atoms with Crippen LogP contribution in [0.5, 0.6) is 5.75 Å². The molecule has 4 nitrogen and oxygen atoms in total. The Bertz CT molecular complexity index is 634. The molecule has 0 spiro atoms. The van der Waals surface area contributed by atoms with Crippen LogP contribution in [0.2, 0.25) is 0 Å². The van der Waals surface area contributed by atoms with Crippen molar-refractivity contribution in [1.29, 1.82) is 0 Å². The molecule has 0 aromatic heterocycles. The van der Waals surface area contributed by atoms with Crippen LogP contribution in [0.1, 0.15) is 21.5 Å². The fourth-order valence-corrected chi connectivity index (χ4v) is 2.04. The average molecular weight is 284 g/mol. The Kier molecular flexibility index (Phi) is 4.72. The minimum Gasteiger partial charge on any atom is -0.478 e. The van der Waals surface area contributed by atoms with Gasteiger partial charge in [0.2, 0.25) is 0 Å². The topological polar surface area (TPSA) is 63.6 Å². The van der Waals surface area contributed by atoms with Gasteiger partial charge in [-0.1, -0.05) is 30.3 Å². The molecule has 2 aromatic rings. The molecule has 0 saturated carbocycles. The van der Waals surface area contributed by atoms with E-state index in [1.807, 2.05) is 30.3 Å². The van der Waals surface area contributed by atoms with Crippen LogP contribution < -0.4 is 4.74 Å². The first-order valence-corrected chi connectivity index (χ1v) is 6.59. The first-order valence-electron chi connectivity index (χ1n) is 6.59. The summed E-state index contributed by atoms with van der Waals surface area (Å²) in [5.74, 6) is -0.540. The quantitative estimate of drug-likeness (QED) is 0.828. The number of rotatable bonds is 6. The van der Waals surface area contributed by atoms with Gasteiger partial charge in [0, 0.05) is 12.0 Å². The molecular formula is C17H16O4. The number of hydrogen-bond donors (Lipinski definition) is 1. The number of benzene rings is 2. The number of hydrogen-bond acceptors (Lipinski definition) is 3. The normalized spacial score (nSPS) is 11.7. The molecule has 1 unspecified atom stereocenters. The molecule has 0 aliphatic carbocycles. The van der Waals surface area contributed by atoms with Crippen LogP contribution in [0.4, 0.5) is 0 Å². The average Bonchev–Trinajstić information content (AvgIpc) is 2.49. The smallest absolute Gasteiger partial charge is 0.345 e. The minimum atomic E-state index is -1.02. The van der Waals surface area contributed by atoms with Gasteiger partial charge in [0.1, 0.15) is 12.0 Å². The molecule has 1 N–H and O–H groups in total. The summed E-state index contributed by atoms with van der Waals surface area (Å²) in [7, 11) is 0. The highest BCUT2D eigenvalue weighted by molar-refractivity contribution is 5.76. The molecule has 0 heterocycles. The van der Waals surface area contributed by atoms with Crippen LogP contribution in [-0.4, -0.2) is 23.5 Å². The van der Waals surface area contributed by atoms with Crippen LogP contribution in [0, 0.1) is 6.92 Å². The van der Waals surface area contributed by atoms with E-state index >= 15 is 0 Å². The van der Waals surface area contributed by atoms with Crippen molar-refractivity contribution in [2.75, 3.05) is 0 Å². The van der Waals surface area contributed by atoms with Crippen LogP contribution in [0.3, 0.4) is 0 Å². The number of carbonyl (C=O) groups is 2. The predicted molar refractivity (Wildman–Crippen MR) is 78.8 cm³/mol. The van der Waals surface area contributed by atoms with Gasteiger partial charge in [-0.15, -0.1) is 0 Å². The highest BCUT2D eigenvalue weighted by atomic mass is 16.5. The van der Waals surface area contributed by atoms with E-state index in [0.29, 0.717) is 11.3 Å². The zero-order valence-electron chi connectivity index (χ0n) is 11.7. The number of carbonyl (C=O) groups excluding carboxylic acids is 1. The highest BCUT2D eigenvalue weighted by Crippen LogP contribution is 2.21. The molecule has 0 saturated heterocycles. The molecule has 0 aliphatic rings. The van der Waals surface area contributed by atoms with Crippen molar-refractivity contribution in [2.45, 2.75) is 19.4 Å². The van der Waals surface area contributed by atoms with Crippen molar-refractivity contribution < 1.29 is 19.4 Å². The van der Waals surface area contributed by atoms with Crippen molar-refractivity contribution in [2.24, 2.45) is 0 Å². The second-order valence-electron chi connectivity index (χ2n) is 4.78. The Balaban J connectivity index is 2.17. The molecule has 1 atom stereocenters. The fourth-order valence-electron chi connectivity index (χ4n) is 2.04. The van der Waals surface area contributed by atoms with E-state index in [1.54, 1.807) is 25.1 Å². The molecule has 0 aliphatic heterocycles. The van der Waals surface area contributed by atoms with Crippen molar-refractivity contribution in [3.63, 3.8) is 0 Å². The van der Waals surface area contributed by atoms with E-state index < -0.39 is 12.1 Å². The number of carboxylic acids is 1. The lowest BCUT2D eigenvalue weighted by atomic mass is 10.1. The summed E-state index contributed by atoms with van der Waals surface area (Å²) >= 11 is 0. The molecule has 2 aromatic carbocycles. The van der Waals surface area contributed by atoms with Gasteiger partial charge in [-0.25, -0.2) is 4.79 Å². The van der Waals surface area contributed by atoms with Gasteiger partial charge >= 0.3 is 5.97 Å². The molecule has 0 amide bonds. The summed E-state index contributed by atoms with van der Waals surface area (Å²) in [4.78, 5) is 22.1. The molecule has 4 heteroatoms. The largest absolute Gasteiger partial charge is 0.478 e. The predicted octanol–water partition coefficient (Wildman–Crippen LogP) is 2.88. The summed E-state index contributed by atoms with van der Waals surface area (Å²) in [6, 6.07) is 14.2. The molecule has 21 heavy (non-hydrogen) atoms. The highest BCUT2D eigenvalue weighted by Gasteiger charge is 2.20. The Morgan fingerprint density at radius 3 is 2.52 bits per heavy atom. The zero-order chi connectivity index (χ0) is 15.2. The summed E-state index contributed by atoms with van der Waals surface area (Å²) in [6.07, 6.45) is 0.0636. The van der Waals surface area contributed by atoms with Gasteiger partial charge in [-0.05, 0) is 36.2 Å². The van der Waals surface area contributed by atoms with Crippen LogP contribution in [0.15, 0.2) is 48.5 Å². The minimum absolute atomic E-state index is 0.283. The maximum absolute atomic E-state index is 11.4. The summed E-state index contributed by atoms with van der Waals surface area (Å²) < 4.78 is 5.59. The Morgan fingerprint density at radius 1 is 1.24 bits per heavy atom. The van der Waals surface area contributed by atoms with E-state index in [-0.39, 0.29) is 6.42 Å². The maximum atomic E-state index is 11.4. The molecule has 2 rings (SSSR count). The first-order chi connectivity index (χ1) is 10.1. The van der Waals surface area contributed by atoms with Crippen LogP contribution in [0.25, 0.3) is 0 Å². The second kappa shape index (κ2) is 6.70. The summed E-state index contributed by atoms with van der Waals surface area (Å²) in [5.41, 5.74) is 2.17. The van der Waals surface area contributed by atoms with Crippen molar-refractivity contribution in [3.8, 4) is 5.75 Å². The third-order valence-electron chi connectivity index (χ3n) is 3.14. The lowest BCUT2D eigenvalue weighted by Gasteiger charge is -2.17. The van der Waals surface area contributed by atoms with Gasteiger partial charge in [0.25, 0.3) is 0 Å². The second-order valence-corrected chi connectivity index (χ2v) is 4.78. The van der Waals surface area contributed by atoms with E-state index in [1.165, 1.54) is 0 Å². The van der Waals surface area contributed by atoms with Crippen LogP contribution in [-0.2, 0) is 11.2 Å². The van der Waals surface area contributed by atoms with Crippen LogP contribution >= 0.6 is 0 Å². The molecule has 0 radical (unpaired) electrons. The Morgan fingerprint density at radius 2 is 1.95 bits per heavy atom. The van der Waals surface area contributed by atoms with Crippen molar-refractivity contribution >= 4 is 12.3 Å². The number of aliphatic carboxylic acids is 1. The van der Waals surface area contributed by atoms with E-state index in [4.69, 9.17) is 4.74 Å². The molecule has 0 bridgehead atoms. The molecule has 0 fully saturated rings. The van der Waals surface area contributed by atoms with E-state index in [9.17, 15) is 14.7 Å². The molecular weight excluding hydrogens is 268 g/mol. The van der Waals surface area contributed by atoms with E-state index in [2.05, 4.69) is 0 Å². The SMILES string of the molecule is Cc1cc(C=O)ccc1OC(Cc1ccccc1)C(=O)O. The first kappa shape index (κ1) is 14.8. The number of aldehydes is 1. The Labute approximate surface area is 123 Å². The Hall–Kier alpha value is -2.62. The van der Waals surface area contributed by atoms with E-state index in [0.717, 1.165) is 17.4 Å².